The summed E-state index contributed by atoms with van der Waals surface area (Å²) >= 11 is 0. The number of hydrogen-bond acceptors (Lipinski definition) is 2. The van der Waals surface area contributed by atoms with Crippen LogP contribution in [0.1, 0.15) is 47.2 Å². The second-order valence-corrected chi connectivity index (χ2v) is 5.64. The van der Waals surface area contributed by atoms with Gasteiger partial charge < -0.3 is 4.42 Å². The van der Waals surface area contributed by atoms with Gasteiger partial charge in [0, 0.05) is 11.0 Å². The predicted octanol–water partition coefficient (Wildman–Crippen LogP) is 2.49. The summed E-state index contributed by atoms with van der Waals surface area (Å²) in [5.74, 6) is -0.276. The average Bonchev–Trinajstić information content (AvgIpc) is 2.27. The number of oxazole rings is 1. The molecule has 0 unspecified atom stereocenters. The molecule has 1 aromatic heterocycles. The maximum absolute atomic E-state index is 11.5. The van der Waals surface area contributed by atoms with Gasteiger partial charge in [-0.25, -0.2) is 4.79 Å². The summed E-state index contributed by atoms with van der Waals surface area (Å²) in [6, 6.07) is 0. The first-order valence-corrected chi connectivity index (χ1v) is 4.85. The Hall–Kier alpha value is -0.990. The van der Waals surface area contributed by atoms with Gasteiger partial charge in [0.15, 0.2) is 0 Å². The first-order chi connectivity index (χ1) is 6.14. The number of aromatic nitrogens is 1. The van der Waals surface area contributed by atoms with Crippen LogP contribution in [0.3, 0.4) is 0 Å². The van der Waals surface area contributed by atoms with Gasteiger partial charge in [0.2, 0.25) is 0 Å². The van der Waals surface area contributed by atoms with Crippen molar-refractivity contribution < 1.29 is 4.42 Å². The lowest BCUT2D eigenvalue weighted by molar-refractivity contribution is 0.331. The molecule has 3 nitrogen and oxygen atoms in total. The standard InChI is InChI=1S/C11H19NO2/c1-10(2,3)8-7-14-9(13)12(8)11(4,5)6/h7H,1-6H3. The van der Waals surface area contributed by atoms with E-state index < -0.39 is 0 Å². The van der Waals surface area contributed by atoms with Crippen molar-refractivity contribution in [3.05, 3.63) is 22.5 Å². The van der Waals surface area contributed by atoms with Crippen molar-refractivity contribution in [2.45, 2.75) is 52.5 Å². The fourth-order valence-electron chi connectivity index (χ4n) is 1.46. The second-order valence-electron chi connectivity index (χ2n) is 5.64. The molecule has 0 aromatic carbocycles. The highest BCUT2D eigenvalue weighted by molar-refractivity contribution is 5.10. The molecule has 0 spiro atoms. The summed E-state index contributed by atoms with van der Waals surface area (Å²) in [7, 11) is 0. The number of nitrogens with zero attached hydrogens (tertiary/aromatic N) is 1. The van der Waals surface area contributed by atoms with E-state index in [1.165, 1.54) is 0 Å². The molecule has 3 heteroatoms. The van der Waals surface area contributed by atoms with Crippen LogP contribution in [0.2, 0.25) is 0 Å². The van der Waals surface area contributed by atoms with Crippen LogP contribution in [0.15, 0.2) is 15.5 Å². The van der Waals surface area contributed by atoms with E-state index in [0.29, 0.717) is 0 Å². The topological polar surface area (TPSA) is 35.1 Å². The largest absolute Gasteiger partial charge is 0.419 e. The molecule has 0 radical (unpaired) electrons. The molecular formula is C11H19NO2. The van der Waals surface area contributed by atoms with Crippen molar-refractivity contribution in [2.24, 2.45) is 0 Å². The molecule has 0 atom stereocenters. The molecule has 1 rings (SSSR count). The van der Waals surface area contributed by atoms with E-state index in [1.54, 1.807) is 10.8 Å². The van der Waals surface area contributed by atoms with Crippen LogP contribution in [0.4, 0.5) is 0 Å². The Balaban J connectivity index is 3.43. The molecule has 80 valence electrons. The number of rotatable bonds is 0. The molecule has 0 saturated carbocycles. The van der Waals surface area contributed by atoms with Gasteiger partial charge in [-0.05, 0) is 20.8 Å². The lowest BCUT2D eigenvalue weighted by Crippen LogP contribution is -2.35. The Morgan fingerprint density at radius 2 is 1.64 bits per heavy atom. The molecule has 0 amide bonds. The molecule has 0 bridgehead atoms. The van der Waals surface area contributed by atoms with E-state index in [2.05, 4.69) is 20.8 Å². The molecule has 0 N–H and O–H groups in total. The highest BCUT2D eigenvalue weighted by atomic mass is 16.4. The Bertz CT molecular complexity index is 371. The summed E-state index contributed by atoms with van der Waals surface area (Å²) in [5, 5.41) is 0. The zero-order chi connectivity index (χ0) is 11.1. The molecular weight excluding hydrogens is 178 g/mol. The van der Waals surface area contributed by atoms with Gasteiger partial charge in [0.1, 0.15) is 6.26 Å². The van der Waals surface area contributed by atoms with E-state index in [0.717, 1.165) is 5.69 Å². The molecule has 0 fully saturated rings. The molecule has 1 aromatic rings. The molecule has 0 aliphatic carbocycles. The summed E-state index contributed by atoms with van der Waals surface area (Å²) in [6.07, 6.45) is 1.56. The smallest absolute Gasteiger partial charge is 0.416 e. The molecule has 0 saturated heterocycles. The van der Waals surface area contributed by atoms with Crippen LogP contribution in [-0.4, -0.2) is 4.57 Å². The highest BCUT2D eigenvalue weighted by Crippen LogP contribution is 2.25. The van der Waals surface area contributed by atoms with Crippen molar-refractivity contribution in [2.75, 3.05) is 0 Å². The monoisotopic (exact) mass is 197 g/mol. The zero-order valence-corrected chi connectivity index (χ0v) is 9.84. The van der Waals surface area contributed by atoms with Crippen LogP contribution in [-0.2, 0) is 11.0 Å². The predicted molar refractivity (Wildman–Crippen MR) is 56.7 cm³/mol. The normalized spacial score (nSPS) is 13.3. The van der Waals surface area contributed by atoms with Gasteiger partial charge in [0.25, 0.3) is 0 Å². The van der Waals surface area contributed by atoms with Gasteiger partial charge in [-0.1, -0.05) is 20.8 Å². The minimum absolute atomic E-state index is 0.0700. The Morgan fingerprint density at radius 3 is 1.93 bits per heavy atom. The summed E-state index contributed by atoms with van der Waals surface area (Å²) < 4.78 is 6.67. The quantitative estimate of drug-likeness (QED) is 0.640. The van der Waals surface area contributed by atoms with Crippen LogP contribution in [0.25, 0.3) is 0 Å². The molecule has 0 aliphatic rings. The average molecular weight is 197 g/mol. The Kier molecular flexibility index (Phi) is 2.38. The van der Waals surface area contributed by atoms with Gasteiger partial charge in [-0.2, -0.15) is 0 Å². The van der Waals surface area contributed by atoms with Crippen LogP contribution in [0.5, 0.6) is 0 Å². The third-order valence-electron chi connectivity index (χ3n) is 2.13. The molecule has 1 heterocycles. The van der Waals surface area contributed by atoms with Crippen molar-refractivity contribution >= 4 is 0 Å². The third kappa shape index (κ3) is 1.91. The summed E-state index contributed by atoms with van der Waals surface area (Å²) in [6.45, 7) is 12.2. The summed E-state index contributed by atoms with van der Waals surface area (Å²) in [4.78, 5) is 11.5. The van der Waals surface area contributed by atoms with Crippen molar-refractivity contribution in [3.63, 3.8) is 0 Å². The van der Waals surface area contributed by atoms with Crippen LogP contribution >= 0.6 is 0 Å². The van der Waals surface area contributed by atoms with Crippen molar-refractivity contribution in [1.82, 2.24) is 4.57 Å². The van der Waals surface area contributed by atoms with E-state index in [-0.39, 0.29) is 16.7 Å². The van der Waals surface area contributed by atoms with E-state index >= 15 is 0 Å². The first kappa shape index (κ1) is 11.1. The lowest BCUT2D eigenvalue weighted by atomic mass is 9.91. The van der Waals surface area contributed by atoms with Gasteiger partial charge in [-0.15, -0.1) is 0 Å². The van der Waals surface area contributed by atoms with E-state index in [9.17, 15) is 4.79 Å². The van der Waals surface area contributed by atoms with Gasteiger partial charge >= 0.3 is 5.76 Å². The maximum atomic E-state index is 11.5. The van der Waals surface area contributed by atoms with E-state index in [4.69, 9.17) is 4.42 Å². The van der Waals surface area contributed by atoms with Crippen molar-refractivity contribution in [3.8, 4) is 0 Å². The zero-order valence-electron chi connectivity index (χ0n) is 9.84. The Morgan fingerprint density at radius 1 is 1.14 bits per heavy atom. The van der Waals surface area contributed by atoms with Crippen LogP contribution in [0, 0.1) is 0 Å². The lowest BCUT2D eigenvalue weighted by Gasteiger charge is -2.27. The first-order valence-electron chi connectivity index (χ1n) is 4.85. The van der Waals surface area contributed by atoms with E-state index in [1.807, 2.05) is 20.8 Å². The number of hydrogen-bond donors (Lipinski definition) is 0. The second kappa shape index (κ2) is 3.01. The minimum atomic E-state index is -0.276. The van der Waals surface area contributed by atoms with Crippen LogP contribution < -0.4 is 5.76 Å². The fraction of sp³-hybridized carbons (Fsp3) is 0.727. The third-order valence-corrected chi connectivity index (χ3v) is 2.13. The Labute approximate surface area is 84.7 Å². The molecule has 0 aliphatic heterocycles. The SMILES string of the molecule is CC(C)(C)c1coc(=O)n1C(C)(C)C. The highest BCUT2D eigenvalue weighted by Gasteiger charge is 2.27. The van der Waals surface area contributed by atoms with Crippen molar-refractivity contribution in [1.29, 1.82) is 0 Å². The molecule has 14 heavy (non-hydrogen) atoms. The summed E-state index contributed by atoms with van der Waals surface area (Å²) in [5.41, 5.74) is 0.640. The maximum Gasteiger partial charge on any atom is 0.419 e. The fourth-order valence-corrected chi connectivity index (χ4v) is 1.46. The van der Waals surface area contributed by atoms with Gasteiger partial charge in [-0.3, -0.25) is 4.57 Å². The minimum Gasteiger partial charge on any atom is -0.416 e. The van der Waals surface area contributed by atoms with Gasteiger partial charge in [0.05, 0.1) is 5.69 Å².